The quantitative estimate of drug-likeness (QED) is 0.790. The molecule has 20 heavy (non-hydrogen) atoms. The van der Waals surface area contributed by atoms with E-state index in [0.29, 0.717) is 23.0 Å². The van der Waals surface area contributed by atoms with Crippen LogP contribution in [0.25, 0.3) is 11.4 Å². The van der Waals surface area contributed by atoms with Gasteiger partial charge in [0.2, 0.25) is 0 Å². The first-order valence-corrected chi connectivity index (χ1v) is 7.94. The SMILES string of the molecule is CC(CCS(C)=O)n1nnnc1-c1cc(N)cc(N)c1. The number of nitrogens with two attached hydrogens (primary N) is 2. The minimum Gasteiger partial charge on any atom is -0.399 e. The Balaban J connectivity index is 2.30. The van der Waals surface area contributed by atoms with E-state index in [1.165, 1.54) is 0 Å². The van der Waals surface area contributed by atoms with E-state index >= 15 is 0 Å². The smallest absolute Gasteiger partial charge is 0.182 e. The van der Waals surface area contributed by atoms with Gasteiger partial charge in [-0.25, -0.2) is 4.68 Å². The van der Waals surface area contributed by atoms with Gasteiger partial charge in [-0.2, -0.15) is 0 Å². The first-order valence-electron chi connectivity index (χ1n) is 6.21. The second-order valence-electron chi connectivity index (χ2n) is 4.75. The molecule has 2 aromatic rings. The van der Waals surface area contributed by atoms with Crippen molar-refractivity contribution in [3.05, 3.63) is 18.2 Å². The molecular weight excluding hydrogens is 276 g/mol. The van der Waals surface area contributed by atoms with Gasteiger partial charge in [-0.3, -0.25) is 4.21 Å². The van der Waals surface area contributed by atoms with Crippen LogP contribution >= 0.6 is 0 Å². The van der Waals surface area contributed by atoms with Crippen LogP contribution in [0, 0.1) is 0 Å². The number of tetrazole rings is 1. The molecule has 0 spiro atoms. The van der Waals surface area contributed by atoms with Crippen LogP contribution in [-0.4, -0.2) is 36.4 Å². The predicted octanol–water partition coefficient (Wildman–Crippen LogP) is 0.834. The molecule has 0 fully saturated rings. The van der Waals surface area contributed by atoms with Crippen LogP contribution in [0.5, 0.6) is 0 Å². The number of rotatable bonds is 5. The molecule has 4 N–H and O–H groups in total. The molecule has 1 aromatic heterocycles. The first kappa shape index (κ1) is 14.4. The van der Waals surface area contributed by atoms with Crippen LogP contribution < -0.4 is 11.5 Å². The Labute approximate surface area is 119 Å². The van der Waals surface area contributed by atoms with Crippen molar-refractivity contribution in [1.82, 2.24) is 20.2 Å². The molecule has 2 rings (SSSR count). The van der Waals surface area contributed by atoms with Gasteiger partial charge < -0.3 is 11.5 Å². The molecule has 0 aliphatic rings. The Morgan fingerprint density at radius 1 is 1.30 bits per heavy atom. The van der Waals surface area contributed by atoms with Crippen molar-refractivity contribution >= 4 is 22.2 Å². The second kappa shape index (κ2) is 6.00. The summed E-state index contributed by atoms with van der Waals surface area (Å²) in [5.41, 5.74) is 13.5. The van der Waals surface area contributed by atoms with Crippen LogP contribution in [0.2, 0.25) is 0 Å². The lowest BCUT2D eigenvalue weighted by atomic mass is 10.1. The van der Waals surface area contributed by atoms with Gasteiger partial charge >= 0.3 is 0 Å². The van der Waals surface area contributed by atoms with Gasteiger partial charge in [0.15, 0.2) is 5.82 Å². The van der Waals surface area contributed by atoms with Gasteiger partial charge in [0.1, 0.15) is 0 Å². The number of hydrogen-bond donors (Lipinski definition) is 2. The lowest BCUT2D eigenvalue weighted by molar-refractivity contribution is 0.470. The van der Waals surface area contributed by atoms with Gasteiger partial charge in [-0.15, -0.1) is 5.10 Å². The summed E-state index contributed by atoms with van der Waals surface area (Å²) in [6.07, 6.45) is 2.42. The Kier molecular flexibility index (Phi) is 4.33. The van der Waals surface area contributed by atoms with Crippen molar-refractivity contribution < 1.29 is 4.21 Å². The molecule has 0 saturated carbocycles. The van der Waals surface area contributed by atoms with E-state index in [0.717, 1.165) is 12.0 Å². The minimum absolute atomic E-state index is 0.0477. The highest BCUT2D eigenvalue weighted by Crippen LogP contribution is 2.25. The average molecular weight is 294 g/mol. The Bertz CT molecular complexity index is 606. The molecular formula is C12H18N6OS. The maximum absolute atomic E-state index is 11.2. The molecule has 7 nitrogen and oxygen atoms in total. The van der Waals surface area contributed by atoms with Crippen LogP contribution in [0.3, 0.4) is 0 Å². The van der Waals surface area contributed by atoms with Crippen molar-refractivity contribution in [2.75, 3.05) is 23.5 Å². The van der Waals surface area contributed by atoms with Gasteiger partial charge in [-0.05, 0) is 42.0 Å². The Morgan fingerprint density at radius 2 is 1.95 bits per heavy atom. The minimum atomic E-state index is -0.828. The Morgan fingerprint density at radius 3 is 2.55 bits per heavy atom. The molecule has 2 unspecified atom stereocenters. The number of nitrogens with zero attached hydrogens (tertiary/aromatic N) is 4. The summed E-state index contributed by atoms with van der Waals surface area (Å²) >= 11 is 0. The third kappa shape index (κ3) is 3.32. The number of aromatic nitrogens is 4. The zero-order valence-electron chi connectivity index (χ0n) is 11.5. The summed E-state index contributed by atoms with van der Waals surface area (Å²) in [7, 11) is -0.828. The molecule has 0 aliphatic heterocycles. The largest absolute Gasteiger partial charge is 0.399 e. The lowest BCUT2D eigenvalue weighted by Gasteiger charge is -2.13. The van der Waals surface area contributed by atoms with E-state index in [4.69, 9.17) is 11.5 Å². The van der Waals surface area contributed by atoms with E-state index in [9.17, 15) is 4.21 Å². The highest BCUT2D eigenvalue weighted by atomic mass is 32.2. The topological polar surface area (TPSA) is 113 Å². The Hall–Kier alpha value is -1.96. The predicted molar refractivity (Wildman–Crippen MR) is 80.3 cm³/mol. The van der Waals surface area contributed by atoms with Crippen molar-refractivity contribution in [3.8, 4) is 11.4 Å². The molecule has 0 saturated heterocycles. The van der Waals surface area contributed by atoms with Crippen molar-refractivity contribution in [3.63, 3.8) is 0 Å². The maximum Gasteiger partial charge on any atom is 0.182 e. The molecule has 0 bridgehead atoms. The van der Waals surface area contributed by atoms with Gasteiger partial charge in [0, 0.05) is 39.7 Å². The number of nitrogen functional groups attached to an aromatic ring is 2. The fraction of sp³-hybridized carbons (Fsp3) is 0.417. The van der Waals surface area contributed by atoms with E-state index < -0.39 is 10.8 Å². The summed E-state index contributed by atoms with van der Waals surface area (Å²) in [5, 5.41) is 11.7. The van der Waals surface area contributed by atoms with Crippen molar-refractivity contribution in [1.29, 1.82) is 0 Å². The summed E-state index contributed by atoms with van der Waals surface area (Å²) in [6.45, 7) is 1.99. The van der Waals surface area contributed by atoms with Crippen LogP contribution in [-0.2, 0) is 10.8 Å². The molecule has 2 atom stereocenters. The fourth-order valence-corrected chi connectivity index (χ4v) is 2.62. The third-order valence-electron chi connectivity index (χ3n) is 2.97. The van der Waals surface area contributed by atoms with Gasteiger partial charge in [-0.1, -0.05) is 0 Å². The van der Waals surface area contributed by atoms with Crippen LogP contribution in [0.1, 0.15) is 19.4 Å². The first-order chi connectivity index (χ1) is 9.47. The standard InChI is InChI=1S/C12H18N6OS/c1-8(3-4-20(2)19)18-12(15-16-17-18)9-5-10(13)7-11(14)6-9/h5-8H,3-4,13-14H2,1-2H3. The molecule has 0 radical (unpaired) electrons. The highest BCUT2D eigenvalue weighted by molar-refractivity contribution is 7.84. The molecule has 0 amide bonds. The lowest BCUT2D eigenvalue weighted by Crippen LogP contribution is -2.12. The van der Waals surface area contributed by atoms with Crippen LogP contribution in [0.4, 0.5) is 11.4 Å². The number of benzene rings is 1. The van der Waals surface area contributed by atoms with Crippen molar-refractivity contribution in [2.24, 2.45) is 0 Å². The van der Waals surface area contributed by atoms with Gasteiger partial charge in [0.25, 0.3) is 0 Å². The number of anilines is 2. The van der Waals surface area contributed by atoms with E-state index in [1.807, 2.05) is 6.92 Å². The average Bonchev–Trinajstić information content (AvgIpc) is 2.83. The molecule has 0 aliphatic carbocycles. The summed E-state index contributed by atoms with van der Waals surface area (Å²) in [4.78, 5) is 0. The van der Waals surface area contributed by atoms with E-state index in [2.05, 4.69) is 15.5 Å². The zero-order valence-corrected chi connectivity index (χ0v) is 12.3. The fourth-order valence-electron chi connectivity index (χ4n) is 1.95. The molecule has 1 heterocycles. The molecule has 108 valence electrons. The zero-order chi connectivity index (χ0) is 14.7. The van der Waals surface area contributed by atoms with E-state index in [1.54, 1.807) is 29.1 Å². The van der Waals surface area contributed by atoms with Crippen molar-refractivity contribution in [2.45, 2.75) is 19.4 Å². The summed E-state index contributed by atoms with van der Waals surface area (Å²) in [5.74, 6) is 1.22. The van der Waals surface area contributed by atoms with Gasteiger partial charge in [0.05, 0.1) is 6.04 Å². The molecule has 8 heteroatoms. The van der Waals surface area contributed by atoms with E-state index in [-0.39, 0.29) is 6.04 Å². The second-order valence-corrected chi connectivity index (χ2v) is 6.31. The normalized spacial score (nSPS) is 14.1. The van der Waals surface area contributed by atoms with Crippen LogP contribution in [0.15, 0.2) is 18.2 Å². The maximum atomic E-state index is 11.2. The number of hydrogen-bond acceptors (Lipinski definition) is 6. The highest BCUT2D eigenvalue weighted by Gasteiger charge is 2.15. The summed E-state index contributed by atoms with van der Waals surface area (Å²) in [6, 6.07) is 5.29. The summed E-state index contributed by atoms with van der Waals surface area (Å²) < 4.78 is 12.9. The third-order valence-corrected chi connectivity index (χ3v) is 3.78. The monoisotopic (exact) mass is 294 g/mol. The molecule has 1 aromatic carbocycles.